The fourth-order valence-electron chi connectivity index (χ4n) is 4.22. The maximum Gasteiger partial charge on any atom is 0.322 e. The predicted molar refractivity (Wildman–Crippen MR) is 101 cm³/mol. The third-order valence-electron chi connectivity index (χ3n) is 5.46. The summed E-state index contributed by atoms with van der Waals surface area (Å²) in [6.45, 7) is 0. The molecule has 0 spiro atoms. The number of amides is 2. The van der Waals surface area contributed by atoms with Crippen molar-refractivity contribution in [1.82, 2.24) is 4.90 Å². The van der Waals surface area contributed by atoms with E-state index < -0.39 is 15.1 Å². The lowest BCUT2D eigenvalue weighted by atomic mass is 10.0. The third-order valence-corrected chi connectivity index (χ3v) is 7.65. The lowest BCUT2D eigenvalue weighted by molar-refractivity contribution is 0.160. The molecule has 0 aliphatic carbocycles. The highest BCUT2D eigenvalue weighted by Crippen LogP contribution is 2.40. The molecule has 0 radical (unpaired) electrons. The van der Waals surface area contributed by atoms with Crippen molar-refractivity contribution in [2.45, 2.75) is 47.9 Å². The number of hydrogen-bond donors (Lipinski definition) is 1. The summed E-state index contributed by atoms with van der Waals surface area (Å²) in [5, 5.41) is 2.52. The number of nitrogens with one attached hydrogen (secondary N) is 1. The Morgan fingerprint density at radius 2 is 1.42 bits per heavy atom. The van der Waals surface area contributed by atoms with Crippen molar-refractivity contribution in [1.29, 1.82) is 0 Å². The van der Waals surface area contributed by atoms with Crippen LogP contribution in [-0.4, -0.2) is 36.7 Å². The molecule has 2 fully saturated rings. The number of fused-ring (bicyclic) bond motifs is 2. The van der Waals surface area contributed by atoms with Gasteiger partial charge in [-0.25, -0.2) is 13.2 Å². The van der Waals surface area contributed by atoms with E-state index in [1.165, 1.54) is 0 Å². The first-order valence-corrected chi connectivity index (χ1v) is 10.5. The highest BCUT2D eigenvalue weighted by atomic mass is 32.2. The Hall–Kier alpha value is -2.34. The number of benzene rings is 2. The summed E-state index contributed by atoms with van der Waals surface area (Å²) in [4.78, 5) is 15.0. The quantitative estimate of drug-likeness (QED) is 0.896. The Morgan fingerprint density at radius 1 is 0.885 bits per heavy atom. The van der Waals surface area contributed by atoms with Crippen molar-refractivity contribution in [2.24, 2.45) is 0 Å². The molecule has 2 heterocycles. The molecule has 2 unspecified atom stereocenters. The van der Waals surface area contributed by atoms with Crippen molar-refractivity contribution >= 4 is 21.6 Å². The van der Waals surface area contributed by atoms with Crippen LogP contribution in [0.25, 0.3) is 0 Å². The molecule has 5 nitrogen and oxygen atoms in total. The number of sulfone groups is 1. The summed E-state index contributed by atoms with van der Waals surface area (Å²) in [6.07, 6.45) is 2.76. The molecule has 2 atom stereocenters. The first-order valence-electron chi connectivity index (χ1n) is 8.99. The van der Waals surface area contributed by atoms with E-state index in [0.29, 0.717) is 17.7 Å². The van der Waals surface area contributed by atoms with Crippen LogP contribution in [0.4, 0.5) is 10.5 Å². The van der Waals surface area contributed by atoms with Crippen molar-refractivity contribution in [3.05, 3.63) is 60.7 Å². The molecular formula is C20H22N2O3S. The van der Waals surface area contributed by atoms with Crippen LogP contribution in [-0.2, 0) is 9.84 Å². The van der Waals surface area contributed by atoms with Gasteiger partial charge < -0.3 is 10.2 Å². The number of para-hydroxylation sites is 1. The molecule has 2 amide bonds. The van der Waals surface area contributed by atoms with E-state index in [1.54, 1.807) is 24.3 Å². The minimum absolute atomic E-state index is 0.0130. The first kappa shape index (κ1) is 17.1. The number of anilines is 1. The van der Waals surface area contributed by atoms with Gasteiger partial charge in [0.15, 0.2) is 9.84 Å². The molecule has 2 bridgehead atoms. The monoisotopic (exact) mass is 370 g/mol. The average molecular weight is 370 g/mol. The molecule has 0 saturated carbocycles. The van der Waals surface area contributed by atoms with Gasteiger partial charge >= 0.3 is 6.03 Å². The Kier molecular flexibility index (Phi) is 4.44. The topological polar surface area (TPSA) is 66.5 Å². The van der Waals surface area contributed by atoms with Gasteiger partial charge in [-0.05, 0) is 49.9 Å². The van der Waals surface area contributed by atoms with Gasteiger partial charge in [-0.2, -0.15) is 0 Å². The summed E-state index contributed by atoms with van der Waals surface area (Å²) in [7, 11) is -3.35. The number of hydrogen-bond acceptors (Lipinski definition) is 3. The van der Waals surface area contributed by atoms with Crippen LogP contribution in [0.3, 0.4) is 0 Å². The summed E-state index contributed by atoms with van der Waals surface area (Å²) < 4.78 is 25.9. The molecule has 1 N–H and O–H groups in total. The Morgan fingerprint density at radius 3 is 2.00 bits per heavy atom. The summed E-state index contributed by atoms with van der Waals surface area (Å²) >= 11 is 0. The predicted octanol–water partition coefficient (Wildman–Crippen LogP) is 3.69. The molecule has 2 aromatic rings. The van der Waals surface area contributed by atoms with Crippen molar-refractivity contribution < 1.29 is 13.2 Å². The van der Waals surface area contributed by atoms with E-state index in [1.807, 2.05) is 41.3 Å². The van der Waals surface area contributed by atoms with Crippen LogP contribution in [0.1, 0.15) is 25.7 Å². The van der Waals surface area contributed by atoms with Crippen LogP contribution in [0.15, 0.2) is 65.6 Å². The van der Waals surface area contributed by atoms with Gasteiger partial charge in [-0.3, -0.25) is 0 Å². The second kappa shape index (κ2) is 6.76. The van der Waals surface area contributed by atoms with Gasteiger partial charge in [0.25, 0.3) is 0 Å². The molecule has 6 heteroatoms. The minimum atomic E-state index is -3.35. The van der Waals surface area contributed by atoms with Crippen LogP contribution >= 0.6 is 0 Å². The Labute approximate surface area is 153 Å². The minimum Gasteiger partial charge on any atom is -0.318 e. The van der Waals surface area contributed by atoms with E-state index in [-0.39, 0.29) is 18.1 Å². The van der Waals surface area contributed by atoms with E-state index >= 15 is 0 Å². The van der Waals surface area contributed by atoms with Gasteiger partial charge in [-0.15, -0.1) is 0 Å². The molecule has 2 aliphatic heterocycles. The molecule has 136 valence electrons. The second-order valence-corrected chi connectivity index (χ2v) is 9.27. The zero-order chi connectivity index (χ0) is 18.1. The normalized spacial score (nSPS) is 25.1. The SMILES string of the molecule is O=C(Nc1ccccc1)N1C2CCC1CC(S(=O)(=O)c1ccccc1)C2. The van der Waals surface area contributed by atoms with E-state index in [4.69, 9.17) is 0 Å². The van der Waals surface area contributed by atoms with Gasteiger partial charge in [0.2, 0.25) is 0 Å². The molecular weight excluding hydrogens is 348 g/mol. The molecule has 0 aromatic heterocycles. The first-order chi connectivity index (χ1) is 12.6. The standard InChI is InChI=1S/C20H22N2O3S/c23-20(21-15-7-3-1-4-8-15)22-16-11-12-17(22)14-19(13-16)26(24,25)18-9-5-2-6-10-18/h1-10,16-17,19H,11-14H2,(H,21,23). The molecule has 2 saturated heterocycles. The van der Waals surface area contributed by atoms with Gasteiger partial charge in [-0.1, -0.05) is 36.4 Å². The van der Waals surface area contributed by atoms with Crippen molar-refractivity contribution in [3.63, 3.8) is 0 Å². The summed E-state index contributed by atoms with van der Waals surface area (Å²) in [5.74, 6) is 0. The fourth-order valence-corrected chi connectivity index (χ4v) is 6.10. The van der Waals surface area contributed by atoms with Crippen LogP contribution in [0.5, 0.6) is 0 Å². The van der Waals surface area contributed by atoms with Gasteiger partial charge in [0.05, 0.1) is 10.1 Å². The highest BCUT2D eigenvalue weighted by Gasteiger charge is 2.47. The van der Waals surface area contributed by atoms with E-state index in [0.717, 1.165) is 18.5 Å². The second-order valence-electron chi connectivity index (χ2n) is 7.04. The number of urea groups is 1. The van der Waals surface area contributed by atoms with Gasteiger partial charge in [0, 0.05) is 17.8 Å². The Balaban J connectivity index is 1.50. The number of rotatable bonds is 3. The van der Waals surface area contributed by atoms with Gasteiger partial charge in [0.1, 0.15) is 0 Å². The van der Waals surface area contributed by atoms with E-state index in [2.05, 4.69) is 5.32 Å². The third kappa shape index (κ3) is 3.09. The zero-order valence-corrected chi connectivity index (χ0v) is 15.2. The number of carbonyl (C=O) groups excluding carboxylic acids is 1. The highest BCUT2D eigenvalue weighted by molar-refractivity contribution is 7.92. The Bertz CT molecular complexity index is 870. The molecule has 4 rings (SSSR count). The van der Waals surface area contributed by atoms with Crippen molar-refractivity contribution in [3.8, 4) is 0 Å². The number of piperidine rings is 1. The number of nitrogens with zero attached hydrogens (tertiary/aromatic N) is 1. The smallest absolute Gasteiger partial charge is 0.318 e. The van der Waals surface area contributed by atoms with Crippen molar-refractivity contribution in [2.75, 3.05) is 5.32 Å². The number of carbonyl (C=O) groups is 1. The summed E-state index contributed by atoms with van der Waals surface area (Å²) in [5.41, 5.74) is 0.760. The molecule has 2 aromatic carbocycles. The largest absolute Gasteiger partial charge is 0.322 e. The zero-order valence-electron chi connectivity index (χ0n) is 14.4. The lowest BCUT2D eigenvalue weighted by Crippen LogP contribution is -2.51. The van der Waals surface area contributed by atoms with Crippen LogP contribution in [0.2, 0.25) is 0 Å². The van der Waals surface area contributed by atoms with E-state index in [9.17, 15) is 13.2 Å². The van der Waals surface area contributed by atoms with Crippen LogP contribution in [0, 0.1) is 0 Å². The van der Waals surface area contributed by atoms with Crippen LogP contribution < -0.4 is 5.32 Å². The molecule has 26 heavy (non-hydrogen) atoms. The lowest BCUT2D eigenvalue weighted by Gasteiger charge is -2.38. The maximum atomic E-state index is 13.0. The summed E-state index contributed by atoms with van der Waals surface area (Å²) in [6, 6.07) is 17.9. The maximum absolute atomic E-state index is 13.0. The molecule has 2 aliphatic rings. The average Bonchev–Trinajstić information content (AvgIpc) is 2.93. The fraction of sp³-hybridized carbons (Fsp3) is 0.350.